The summed E-state index contributed by atoms with van der Waals surface area (Å²) in [4.78, 5) is 66.0. The Morgan fingerprint density at radius 3 is 2.47 bits per heavy atom. The van der Waals surface area contributed by atoms with Crippen LogP contribution in [0, 0.1) is 0 Å². The van der Waals surface area contributed by atoms with Gasteiger partial charge in [-0.15, -0.1) is 0 Å². The van der Waals surface area contributed by atoms with Gasteiger partial charge in [-0.1, -0.05) is 18.2 Å². The molecule has 36 heavy (non-hydrogen) atoms. The zero-order valence-electron chi connectivity index (χ0n) is 19.3. The maximum absolute atomic E-state index is 13.3. The molecule has 2 heterocycles. The number of likely N-dealkylation sites (tertiary alicyclic amines) is 1. The van der Waals surface area contributed by atoms with Crippen LogP contribution in [0.4, 0.5) is 0 Å². The summed E-state index contributed by atoms with van der Waals surface area (Å²) in [6.45, 7) is 0.133. The van der Waals surface area contributed by atoms with Crippen LogP contribution in [0.15, 0.2) is 30.5 Å². The Hall–Kier alpha value is -3.58. The number of aromatic nitrogens is 1. The SMILES string of the molecule is NC(CS)C(=O)NC(Cc1c[nH]c2ccccc12)C(=O)NC(CC(=O)O)C(=O)N1CCCC1C(=O)O. The lowest BCUT2D eigenvalue weighted by atomic mass is 10.0. The third-order valence-electron chi connectivity index (χ3n) is 6.08. The first-order valence-electron chi connectivity index (χ1n) is 11.4. The summed E-state index contributed by atoms with van der Waals surface area (Å²) in [5.41, 5.74) is 7.27. The second-order valence-electron chi connectivity index (χ2n) is 8.60. The average molecular weight is 520 g/mol. The quantitative estimate of drug-likeness (QED) is 0.193. The zero-order valence-corrected chi connectivity index (χ0v) is 20.2. The standard InChI is InChI=1S/C23H29N5O7S/c24-14(11-36)20(31)26-16(8-12-10-25-15-5-2-1-4-13(12)15)21(32)27-17(9-19(29)30)22(33)28-7-3-6-18(28)23(34)35/h1-2,4-5,10,14,16-18,25,36H,3,6-9,11,24H2,(H,26,31)(H,27,32)(H,29,30)(H,34,35). The van der Waals surface area contributed by atoms with Gasteiger partial charge in [0.1, 0.15) is 18.1 Å². The van der Waals surface area contributed by atoms with E-state index in [-0.39, 0.29) is 25.1 Å². The molecule has 0 bridgehead atoms. The monoisotopic (exact) mass is 519 g/mol. The minimum Gasteiger partial charge on any atom is -0.481 e. The zero-order chi connectivity index (χ0) is 26.4. The second kappa shape index (κ2) is 11.9. The van der Waals surface area contributed by atoms with Crippen LogP contribution in [0.5, 0.6) is 0 Å². The number of carboxylic acids is 2. The maximum Gasteiger partial charge on any atom is 0.326 e. The Labute approximate surface area is 212 Å². The summed E-state index contributed by atoms with van der Waals surface area (Å²) in [6.07, 6.45) is 1.64. The minimum atomic E-state index is -1.52. The highest BCUT2D eigenvalue weighted by atomic mass is 32.1. The normalized spacial score (nSPS) is 17.8. The van der Waals surface area contributed by atoms with Gasteiger partial charge in [-0.2, -0.15) is 12.6 Å². The molecule has 13 heteroatoms. The Kier molecular flexibility index (Phi) is 8.93. The molecule has 4 unspecified atom stereocenters. The van der Waals surface area contributed by atoms with Crippen molar-refractivity contribution in [3.8, 4) is 0 Å². The van der Waals surface area contributed by atoms with Gasteiger partial charge < -0.3 is 36.5 Å². The molecule has 1 fully saturated rings. The lowest BCUT2D eigenvalue weighted by molar-refractivity contribution is -0.150. The third-order valence-corrected chi connectivity index (χ3v) is 6.47. The highest BCUT2D eigenvalue weighted by Gasteiger charge is 2.39. The topological polar surface area (TPSA) is 195 Å². The molecule has 0 radical (unpaired) electrons. The molecule has 1 aromatic heterocycles. The summed E-state index contributed by atoms with van der Waals surface area (Å²) in [6, 6.07) is 2.54. The van der Waals surface area contributed by atoms with Gasteiger partial charge in [-0.3, -0.25) is 19.2 Å². The van der Waals surface area contributed by atoms with Crippen LogP contribution >= 0.6 is 12.6 Å². The Bertz CT molecular complexity index is 1150. The minimum absolute atomic E-state index is 0.0241. The number of benzene rings is 1. The Balaban J connectivity index is 1.85. The van der Waals surface area contributed by atoms with Gasteiger partial charge in [0.25, 0.3) is 0 Å². The Morgan fingerprint density at radius 1 is 1.11 bits per heavy atom. The number of carbonyl (C=O) groups excluding carboxylic acids is 3. The van der Waals surface area contributed by atoms with Crippen LogP contribution < -0.4 is 16.4 Å². The van der Waals surface area contributed by atoms with Crippen molar-refractivity contribution in [3.63, 3.8) is 0 Å². The predicted molar refractivity (Wildman–Crippen MR) is 132 cm³/mol. The number of amides is 3. The largest absolute Gasteiger partial charge is 0.481 e. The highest BCUT2D eigenvalue weighted by molar-refractivity contribution is 7.80. The molecule has 0 saturated carbocycles. The molecule has 1 aromatic carbocycles. The number of nitrogens with zero attached hydrogens (tertiary/aromatic N) is 1. The van der Waals surface area contributed by atoms with Crippen LogP contribution in [0.3, 0.4) is 0 Å². The molecule has 3 rings (SSSR count). The van der Waals surface area contributed by atoms with E-state index >= 15 is 0 Å². The van der Waals surface area contributed by atoms with E-state index in [9.17, 15) is 34.2 Å². The lowest BCUT2D eigenvalue weighted by Crippen LogP contribution is -2.58. The van der Waals surface area contributed by atoms with Gasteiger partial charge in [-0.25, -0.2) is 4.79 Å². The number of thiol groups is 1. The second-order valence-corrected chi connectivity index (χ2v) is 8.97. The van der Waals surface area contributed by atoms with Crippen LogP contribution in [-0.4, -0.2) is 86.2 Å². The first kappa shape index (κ1) is 27.0. The molecule has 7 N–H and O–H groups in total. The smallest absolute Gasteiger partial charge is 0.326 e. The van der Waals surface area contributed by atoms with E-state index in [0.717, 1.165) is 15.8 Å². The summed E-state index contributed by atoms with van der Waals surface area (Å²) >= 11 is 4.01. The molecule has 1 aliphatic heterocycles. The van der Waals surface area contributed by atoms with Gasteiger partial charge in [0.2, 0.25) is 17.7 Å². The lowest BCUT2D eigenvalue weighted by Gasteiger charge is -2.28. The molecule has 3 amide bonds. The number of para-hydroxylation sites is 1. The molecule has 12 nitrogen and oxygen atoms in total. The number of aromatic amines is 1. The molecule has 0 aliphatic carbocycles. The van der Waals surface area contributed by atoms with Crippen LogP contribution in [0.1, 0.15) is 24.8 Å². The summed E-state index contributed by atoms with van der Waals surface area (Å²) < 4.78 is 0. The fourth-order valence-corrected chi connectivity index (χ4v) is 4.39. The summed E-state index contributed by atoms with van der Waals surface area (Å²) in [5, 5.41) is 24.5. The van der Waals surface area contributed by atoms with Crippen molar-refractivity contribution in [1.82, 2.24) is 20.5 Å². The molecule has 1 saturated heterocycles. The summed E-state index contributed by atoms with van der Waals surface area (Å²) in [7, 11) is 0. The predicted octanol–water partition coefficient (Wildman–Crippen LogP) is -0.513. The number of nitrogens with two attached hydrogens (primary N) is 1. The van der Waals surface area contributed by atoms with Crippen LogP contribution in [0.2, 0.25) is 0 Å². The number of rotatable bonds is 11. The van der Waals surface area contributed by atoms with Crippen LogP contribution in [-0.2, 0) is 30.4 Å². The van der Waals surface area contributed by atoms with Gasteiger partial charge in [0, 0.05) is 35.8 Å². The van der Waals surface area contributed by atoms with E-state index in [2.05, 4.69) is 28.2 Å². The average Bonchev–Trinajstić information content (AvgIpc) is 3.49. The van der Waals surface area contributed by atoms with Crippen molar-refractivity contribution in [2.45, 2.75) is 49.9 Å². The molecular formula is C23H29N5O7S. The van der Waals surface area contributed by atoms with Crippen molar-refractivity contribution in [3.05, 3.63) is 36.0 Å². The van der Waals surface area contributed by atoms with E-state index in [4.69, 9.17) is 5.73 Å². The Morgan fingerprint density at radius 2 is 1.81 bits per heavy atom. The van der Waals surface area contributed by atoms with Gasteiger partial charge >= 0.3 is 11.9 Å². The molecule has 1 aliphatic rings. The van der Waals surface area contributed by atoms with Gasteiger partial charge in [0.15, 0.2) is 0 Å². The van der Waals surface area contributed by atoms with E-state index in [1.807, 2.05) is 24.3 Å². The molecule has 2 aromatic rings. The molecule has 194 valence electrons. The summed E-state index contributed by atoms with van der Waals surface area (Å²) in [5.74, 6) is -4.78. The third kappa shape index (κ3) is 6.34. The molecular weight excluding hydrogens is 490 g/mol. The fraction of sp³-hybridized carbons (Fsp3) is 0.435. The number of carbonyl (C=O) groups is 5. The molecule has 4 atom stereocenters. The van der Waals surface area contributed by atoms with Gasteiger partial charge in [0.05, 0.1) is 12.5 Å². The van der Waals surface area contributed by atoms with E-state index in [1.165, 1.54) is 0 Å². The number of fused-ring (bicyclic) bond motifs is 1. The number of hydrogen-bond donors (Lipinski definition) is 7. The first-order chi connectivity index (χ1) is 17.1. The number of H-pyrrole nitrogens is 1. The van der Waals surface area contributed by atoms with Gasteiger partial charge in [-0.05, 0) is 24.5 Å². The van der Waals surface area contributed by atoms with Crippen molar-refractivity contribution < 1.29 is 34.2 Å². The van der Waals surface area contributed by atoms with E-state index in [0.29, 0.717) is 12.0 Å². The first-order valence-corrected chi connectivity index (χ1v) is 12.0. The van der Waals surface area contributed by atoms with Crippen LogP contribution in [0.25, 0.3) is 10.9 Å². The van der Waals surface area contributed by atoms with Crippen molar-refractivity contribution in [1.29, 1.82) is 0 Å². The van der Waals surface area contributed by atoms with Crippen molar-refractivity contribution >= 4 is 53.2 Å². The van der Waals surface area contributed by atoms with E-state index < -0.39 is 60.2 Å². The maximum atomic E-state index is 13.3. The van der Waals surface area contributed by atoms with Crippen molar-refractivity contribution in [2.75, 3.05) is 12.3 Å². The number of carboxylic acid groups (broad SMARTS) is 2. The fourth-order valence-electron chi connectivity index (χ4n) is 4.23. The highest BCUT2D eigenvalue weighted by Crippen LogP contribution is 2.21. The molecule has 0 spiro atoms. The number of nitrogens with one attached hydrogen (secondary N) is 3. The number of hydrogen-bond acceptors (Lipinski definition) is 7. The van der Waals surface area contributed by atoms with Crippen molar-refractivity contribution in [2.24, 2.45) is 5.73 Å². The van der Waals surface area contributed by atoms with E-state index in [1.54, 1.807) is 6.20 Å². The number of aliphatic carboxylic acids is 2.